The summed E-state index contributed by atoms with van der Waals surface area (Å²) in [5.41, 5.74) is 5.49. The fourth-order valence-corrected chi connectivity index (χ4v) is 2.19. The average Bonchev–Trinajstić information content (AvgIpc) is 2.55. The number of aryl methyl sites for hydroxylation is 1. The Morgan fingerprint density at radius 2 is 2.12 bits per heavy atom. The van der Waals surface area contributed by atoms with Crippen molar-refractivity contribution >= 4 is 28.7 Å². The van der Waals surface area contributed by atoms with Gasteiger partial charge in [0.25, 0.3) is 11.5 Å². The van der Waals surface area contributed by atoms with Crippen LogP contribution in [0, 0.1) is 6.92 Å². The Morgan fingerprint density at radius 3 is 2.69 bits per heavy atom. The molecule has 2 aromatic heterocycles. The number of carbonyl (C=O) groups excluding carboxylic acids is 1. The number of hydrogen-bond donors (Lipinski definition) is 3. The standard InChI is InChI=1S/C9H10N4O2S/c1-3-11-7-5(8(15)12-3)4(6(10)14)9(13-7)16-2/h1-2H3,(H2,10,14)(H2,11,12,13,15). The van der Waals surface area contributed by atoms with Crippen LogP contribution in [0.25, 0.3) is 11.0 Å². The Morgan fingerprint density at radius 1 is 1.44 bits per heavy atom. The molecule has 0 saturated carbocycles. The molecule has 2 aromatic rings. The normalized spacial score (nSPS) is 10.9. The quantitative estimate of drug-likeness (QED) is 0.658. The van der Waals surface area contributed by atoms with Gasteiger partial charge in [0, 0.05) is 0 Å². The summed E-state index contributed by atoms with van der Waals surface area (Å²) in [6, 6.07) is 0. The summed E-state index contributed by atoms with van der Waals surface area (Å²) in [6.07, 6.45) is 1.79. The van der Waals surface area contributed by atoms with Gasteiger partial charge in [0.15, 0.2) is 0 Å². The van der Waals surface area contributed by atoms with Gasteiger partial charge in [0.1, 0.15) is 11.5 Å². The van der Waals surface area contributed by atoms with Crippen LogP contribution in [0.4, 0.5) is 0 Å². The first kappa shape index (κ1) is 10.7. The summed E-state index contributed by atoms with van der Waals surface area (Å²) < 4.78 is 0. The number of aromatic nitrogens is 3. The van der Waals surface area contributed by atoms with Gasteiger partial charge in [-0.1, -0.05) is 0 Å². The first-order chi connectivity index (χ1) is 7.54. The van der Waals surface area contributed by atoms with Gasteiger partial charge in [0.2, 0.25) is 0 Å². The Kier molecular flexibility index (Phi) is 2.47. The van der Waals surface area contributed by atoms with E-state index in [1.807, 2.05) is 0 Å². The molecule has 1 amide bonds. The van der Waals surface area contributed by atoms with Crippen LogP contribution < -0.4 is 11.3 Å². The van der Waals surface area contributed by atoms with Gasteiger partial charge in [-0.05, 0) is 13.2 Å². The van der Waals surface area contributed by atoms with Gasteiger partial charge in [-0.15, -0.1) is 11.8 Å². The van der Waals surface area contributed by atoms with Gasteiger partial charge in [-0.3, -0.25) is 9.59 Å². The minimum atomic E-state index is -0.633. The van der Waals surface area contributed by atoms with Crippen molar-refractivity contribution in [2.24, 2.45) is 5.73 Å². The van der Waals surface area contributed by atoms with E-state index in [-0.39, 0.29) is 16.5 Å². The molecule has 0 unspecified atom stereocenters. The third-order valence-electron chi connectivity index (χ3n) is 2.20. The zero-order valence-electron chi connectivity index (χ0n) is 8.75. The first-order valence-corrected chi connectivity index (χ1v) is 5.73. The van der Waals surface area contributed by atoms with Crippen molar-refractivity contribution in [3.05, 3.63) is 21.7 Å². The molecule has 0 radical (unpaired) electrons. The number of nitrogens with two attached hydrogens (primary N) is 1. The maximum absolute atomic E-state index is 11.7. The van der Waals surface area contributed by atoms with E-state index in [1.54, 1.807) is 13.2 Å². The second kappa shape index (κ2) is 3.67. The first-order valence-electron chi connectivity index (χ1n) is 4.51. The van der Waals surface area contributed by atoms with E-state index in [9.17, 15) is 9.59 Å². The fraction of sp³-hybridized carbons (Fsp3) is 0.222. The Bertz CT molecular complexity index is 628. The van der Waals surface area contributed by atoms with E-state index >= 15 is 0 Å². The molecule has 0 aliphatic rings. The van der Waals surface area contributed by atoms with Crippen LogP contribution in [-0.4, -0.2) is 27.1 Å². The maximum atomic E-state index is 11.7. The number of hydrogen-bond acceptors (Lipinski definition) is 4. The Labute approximate surface area is 94.6 Å². The summed E-state index contributed by atoms with van der Waals surface area (Å²) in [4.78, 5) is 32.6. The molecule has 0 fully saturated rings. The summed E-state index contributed by atoms with van der Waals surface area (Å²) in [5.74, 6) is -0.144. The van der Waals surface area contributed by atoms with E-state index in [2.05, 4.69) is 15.0 Å². The van der Waals surface area contributed by atoms with Crippen molar-refractivity contribution in [3.8, 4) is 0 Å². The smallest absolute Gasteiger partial charge is 0.261 e. The molecule has 84 valence electrons. The number of nitrogens with zero attached hydrogens (tertiary/aromatic N) is 1. The molecule has 16 heavy (non-hydrogen) atoms. The van der Waals surface area contributed by atoms with E-state index < -0.39 is 5.91 Å². The van der Waals surface area contributed by atoms with E-state index in [0.29, 0.717) is 16.5 Å². The van der Waals surface area contributed by atoms with Crippen molar-refractivity contribution in [2.45, 2.75) is 11.9 Å². The monoisotopic (exact) mass is 238 g/mol. The van der Waals surface area contributed by atoms with Crippen LogP contribution in [0.3, 0.4) is 0 Å². The fourth-order valence-electron chi connectivity index (χ4n) is 1.58. The molecule has 0 atom stereocenters. The summed E-state index contributed by atoms with van der Waals surface area (Å²) in [7, 11) is 0. The highest BCUT2D eigenvalue weighted by Gasteiger charge is 2.19. The molecule has 0 aromatic carbocycles. The minimum absolute atomic E-state index is 0.205. The number of nitrogens with one attached hydrogen (secondary N) is 2. The zero-order valence-corrected chi connectivity index (χ0v) is 9.57. The highest BCUT2D eigenvalue weighted by atomic mass is 32.2. The van der Waals surface area contributed by atoms with E-state index in [0.717, 1.165) is 0 Å². The Balaban J connectivity index is 2.96. The van der Waals surface area contributed by atoms with Gasteiger partial charge < -0.3 is 15.7 Å². The van der Waals surface area contributed by atoms with Crippen LogP contribution in [0.2, 0.25) is 0 Å². The Hall–Kier alpha value is -1.76. The van der Waals surface area contributed by atoms with E-state index in [4.69, 9.17) is 5.73 Å². The van der Waals surface area contributed by atoms with Gasteiger partial charge in [-0.25, -0.2) is 4.98 Å². The van der Waals surface area contributed by atoms with Crippen molar-refractivity contribution in [1.29, 1.82) is 0 Å². The molecule has 6 nitrogen and oxygen atoms in total. The van der Waals surface area contributed by atoms with Crippen molar-refractivity contribution in [2.75, 3.05) is 6.26 Å². The number of carbonyl (C=O) groups is 1. The van der Waals surface area contributed by atoms with Crippen LogP contribution >= 0.6 is 11.8 Å². The average molecular weight is 238 g/mol. The van der Waals surface area contributed by atoms with Gasteiger partial charge in [0.05, 0.1) is 16.0 Å². The zero-order chi connectivity index (χ0) is 11.9. The SMILES string of the molecule is CSc1[nH]c2nc(C)[nH]c(=O)c2c1C(N)=O. The largest absolute Gasteiger partial charge is 0.365 e. The number of H-pyrrole nitrogens is 2. The van der Waals surface area contributed by atoms with Crippen LogP contribution in [0.5, 0.6) is 0 Å². The minimum Gasteiger partial charge on any atom is -0.365 e. The third-order valence-corrected chi connectivity index (χ3v) is 2.91. The third kappa shape index (κ3) is 1.49. The molecule has 0 aliphatic carbocycles. The molecule has 0 spiro atoms. The number of rotatable bonds is 2. The van der Waals surface area contributed by atoms with Crippen LogP contribution in [0.1, 0.15) is 16.2 Å². The van der Waals surface area contributed by atoms with E-state index in [1.165, 1.54) is 11.8 Å². The number of thioether (sulfide) groups is 1. The molecule has 7 heteroatoms. The maximum Gasteiger partial charge on any atom is 0.261 e. The van der Waals surface area contributed by atoms with Crippen molar-refractivity contribution in [3.63, 3.8) is 0 Å². The number of primary amides is 1. The predicted molar refractivity (Wildman–Crippen MR) is 61.8 cm³/mol. The molecular weight excluding hydrogens is 228 g/mol. The molecule has 0 aliphatic heterocycles. The lowest BCUT2D eigenvalue weighted by atomic mass is 10.2. The lowest BCUT2D eigenvalue weighted by molar-refractivity contribution is 0.0999. The van der Waals surface area contributed by atoms with Crippen LogP contribution in [0.15, 0.2) is 9.82 Å². The molecular formula is C9H10N4O2S. The van der Waals surface area contributed by atoms with Crippen LogP contribution in [-0.2, 0) is 0 Å². The lowest BCUT2D eigenvalue weighted by Gasteiger charge is -1.95. The number of aromatic amines is 2. The molecule has 2 rings (SSSR count). The highest BCUT2D eigenvalue weighted by molar-refractivity contribution is 7.98. The second-order valence-corrected chi connectivity index (χ2v) is 4.09. The highest BCUT2D eigenvalue weighted by Crippen LogP contribution is 2.24. The second-order valence-electron chi connectivity index (χ2n) is 3.27. The van der Waals surface area contributed by atoms with Crippen molar-refractivity contribution < 1.29 is 4.79 Å². The molecule has 2 heterocycles. The topological polar surface area (TPSA) is 105 Å². The molecule has 0 saturated heterocycles. The van der Waals surface area contributed by atoms with Gasteiger partial charge in [-0.2, -0.15) is 0 Å². The molecule has 0 bridgehead atoms. The number of fused-ring (bicyclic) bond motifs is 1. The summed E-state index contributed by atoms with van der Waals surface area (Å²) >= 11 is 1.31. The van der Waals surface area contributed by atoms with Gasteiger partial charge >= 0.3 is 0 Å². The lowest BCUT2D eigenvalue weighted by Crippen LogP contribution is -2.16. The number of amides is 1. The summed E-state index contributed by atoms with van der Waals surface area (Å²) in [6.45, 7) is 1.67. The van der Waals surface area contributed by atoms with Crippen molar-refractivity contribution in [1.82, 2.24) is 15.0 Å². The molecule has 4 N–H and O–H groups in total. The predicted octanol–water partition coefficient (Wildman–Crippen LogP) is 0.380. The summed E-state index contributed by atoms with van der Waals surface area (Å²) in [5, 5.41) is 0.786.